The van der Waals surface area contributed by atoms with Crippen molar-refractivity contribution in [3.8, 4) is 0 Å². The number of likely N-dealkylation sites (tertiary alicyclic amines) is 2. The molecule has 4 heteroatoms. The van der Waals surface area contributed by atoms with Crippen LogP contribution >= 0.6 is 0 Å². The van der Waals surface area contributed by atoms with Crippen LogP contribution < -0.4 is 0 Å². The molecule has 2 atom stereocenters. The number of carboxylic acid groups (broad SMARTS) is 1. The minimum absolute atomic E-state index is 0.433. The Morgan fingerprint density at radius 2 is 2.12 bits per heavy atom. The van der Waals surface area contributed by atoms with Gasteiger partial charge in [-0.05, 0) is 52.7 Å². The Morgan fingerprint density at radius 3 is 2.75 bits per heavy atom. The van der Waals surface area contributed by atoms with Crippen LogP contribution in [0.4, 0.5) is 0 Å². The van der Waals surface area contributed by atoms with Crippen molar-refractivity contribution in [2.75, 3.05) is 26.7 Å². The van der Waals surface area contributed by atoms with E-state index in [0.717, 1.165) is 38.9 Å². The van der Waals surface area contributed by atoms with Crippen molar-refractivity contribution in [1.82, 2.24) is 9.80 Å². The van der Waals surface area contributed by atoms with E-state index in [0.29, 0.717) is 6.04 Å². The number of carboxylic acids is 1. The van der Waals surface area contributed by atoms with Gasteiger partial charge in [-0.25, -0.2) is 0 Å². The second kappa shape index (κ2) is 4.34. The van der Waals surface area contributed by atoms with Crippen LogP contribution in [0, 0.1) is 0 Å². The minimum atomic E-state index is -0.654. The van der Waals surface area contributed by atoms with E-state index in [9.17, 15) is 9.90 Å². The molecule has 2 rings (SSSR count). The average Bonchev–Trinajstić information content (AvgIpc) is 2.62. The third-order valence-corrected chi connectivity index (χ3v) is 4.20. The van der Waals surface area contributed by atoms with Gasteiger partial charge >= 0.3 is 5.97 Å². The molecule has 0 spiro atoms. The summed E-state index contributed by atoms with van der Waals surface area (Å²) in [7, 11) is 2.13. The maximum atomic E-state index is 11.4. The summed E-state index contributed by atoms with van der Waals surface area (Å²) in [4.78, 5) is 15.9. The smallest absolute Gasteiger partial charge is 0.323 e. The van der Waals surface area contributed by atoms with Crippen molar-refractivity contribution in [2.45, 2.75) is 44.2 Å². The molecule has 16 heavy (non-hydrogen) atoms. The number of likely N-dealkylation sites (N-methyl/N-ethyl adjacent to an activating group) is 1. The van der Waals surface area contributed by atoms with Gasteiger partial charge in [-0.15, -0.1) is 0 Å². The maximum absolute atomic E-state index is 11.4. The predicted molar refractivity (Wildman–Crippen MR) is 62.5 cm³/mol. The Kier molecular flexibility index (Phi) is 3.22. The molecule has 1 N–H and O–H groups in total. The fourth-order valence-corrected chi connectivity index (χ4v) is 3.19. The lowest BCUT2D eigenvalue weighted by atomic mass is 9.95. The Labute approximate surface area is 97.2 Å². The fourth-order valence-electron chi connectivity index (χ4n) is 3.19. The summed E-state index contributed by atoms with van der Waals surface area (Å²) in [5.74, 6) is -0.654. The Morgan fingerprint density at radius 1 is 1.38 bits per heavy atom. The molecular formula is C12H22N2O2. The number of hydrogen-bond acceptors (Lipinski definition) is 3. The lowest BCUT2D eigenvalue weighted by Crippen LogP contribution is -2.56. The van der Waals surface area contributed by atoms with Gasteiger partial charge < -0.3 is 10.0 Å². The van der Waals surface area contributed by atoms with E-state index in [1.165, 1.54) is 6.42 Å². The van der Waals surface area contributed by atoms with E-state index in [4.69, 9.17) is 0 Å². The van der Waals surface area contributed by atoms with Crippen LogP contribution in [0.15, 0.2) is 0 Å². The van der Waals surface area contributed by atoms with Crippen molar-refractivity contribution in [2.24, 2.45) is 0 Å². The monoisotopic (exact) mass is 226 g/mol. The van der Waals surface area contributed by atoms with E-state index in [1.807, 2.05) is 6.92 Å². The zero-order valence-electron chi connectivity index (χ0n) is 10.3. The number of rotatable bonds is 2. The van der Waals surface area contributed by atoms with E-state index < -0.39 is 11.5 Å². The second-order valence-electron chi connectivity index (χ2n) is 5.43. The average molecular weight is 226 g/mol. The highest BCUT2D eigenvalue weighted by Gasteiger charge is 2.46. The summed E-state index contributed by atoms with van der Waals surface area (Å²) >= 11 is 0. The van der Waals surface area contributed by atoms with Crippen LogP contribution in [0.1, 0.15) is 32.6 Å². The molecule has 2 aliphatic heterocycles. The Bertz CT molecular complexity index is 282. The molecule has 4 nitrogen and oxygen atoms in total. The van der Waals surface area contributed by atoms with Gasteiger partial charge in [-0.3, -0.25) is 9.69 Å². The van der Waals surface area contributed by atoms with Gasteiger partial charge in [0.05, 0.1) is 0 Å². The quantitative estimate of drug-likeness (QED) is 0.763. The number of piperidine rings is 1. The molecule has 0 amide bonds. The molecule has 2 fully saturated rings. The highest BCUT2D eigenvalue weighted by Crippen LogP contribution is 2.33. The Hall–Kier alpha value is -0.610. The van der Waals surface area contributed by atoms with E-state index >= 15 is 0 Å². The topological polar surface area (TPSA) is 43.8 Å². The van der Waals surface area contributed by atoms with E-state index in [-0.39, 0.29) is 0 Å². The number of aliphatic carboxylic acids is 1. The van der Waals surface area contributed by atoms with Crippen molar-refractivity contribution in [1.29, 1.82) is 0 Å². The summed E-state index contributed by atoms with van der Waals surface area (Å²) in [6, 6.07) is 0.433. The van der Waals surface area contributed by atoms with Crippen LogP contribution in [-0.2, 0) is 4.79 Å². The van der Waals surface area contributed by atoms with Crippen LogP contribution in [0.25, 0.3) is 0 Å². The first-order chi connectivity index (χ1) is 7.54. The second-order valence-corrected chi connectivity index (χ2v) is 5.43. The lowest BCUT2D eigenvalue weighted by molar-refractivity contribution is -0.150. The summed E-state index contributed by atoms with van der Waals surface area (Å²) in [6.45, 7) is 5.00. The minimum Gasteiger partial charge on any atom is -0.480 e. The van der Waals surface area contributed by atoms with Crippen LogP contribution in [0.5, 0.6) is 0 Å². The van der Waals surface area contributed by atoms with Gasteiger partial charge in [0, 0.05) is 12.6 Å². The summed E-state index contributed by atoms with van der Waals surface area (Å²) in [5.41, 5.74) is -0.622. The number of nitrogens with zero attached hydrogens (tertiary/aromatic N) is 2. The van der Waals surface area contributed by atoms with Crippen LogP contribution in [0.2, 0.25) is 0 Å². The standard InChI is InChI=1S/C12H22N2O2/c1-12(11(15)16)6-4-8-14(12)10-5-3-7-13(2)9-10/h10H,3-9H2,1-2H3,(H,15,16). The van der Waals surface area contributed by atoms with Gasteiger partial charge in [0.1, 0.15) is 5.54 Å². The number of hydrogen-bond donors (Lipinski definition) is 1. The van der Waals surface area contributed by atoms with Gasteiger partial charge in [0.15, 0.2) is 0 Å². The van der Waals surface area contributed by atoms with Crippen LogP contribution in [-0.4, -0.2) is 59.1 Å². The predicted octanol–water partition coefficient (Wildman–Crippen LogP) is 1.02. The van der Waals surface area contributed by atoms with Crippen molar-refractivity contribution >= 4 is 5.97 Å². The molecule has 2 aliphatic rings. The Balaban J connectivity index is 2.10. The van der Waals surface area contributed by atoms with E-state index in [2.05, 4.69) is 16.8 Å². The van der Waals surface area contributed by atoms with Crippen molar-refractivity contribution in [3.05, 3.63) is 0 Å². The first-order valence-corrected chi connectivity index (χ1v) is 6.23. The molecule has 2 saturated heterocycles. The van der Waals surface area contributed by atoms with Gasteiger partial charge in [0.25, 0.3) is 0 Å². The molecule has 0 aromatic heterocycles. The normalized spacial score (nSPS) is 37.8. The maximum Gasteiger partial charge on any atom is 0.323 e. The fraction of sp³-hybridized carbons (Fsp3) is 0.917. The highest BCUT2D eigenvalue weighted by atomic mass is 16.4. The molecular weight excluding hydrogens is 204 g/mol. The third-order valence-electron chi connectivity index (χ3n) is 4.20. The summed E-state index contributed by atoms with van der Waals surface area (Å²) < 4.78 is 0. The molecule has 0 aliphatic carbocycles. The van der Waals surface area contributed by atoms with Crippen molar-refractivity contribution in [3.63, 3.8) is 0 Å². The molecule has 2 heterocycles. The largest absolute Gasteiger partial charge is 0.480 e. The molecule has 92 valence electrons. The molecule has 0 aromatic carbocycles. The first-order valence-electron chi connectivity index (χ1n) is 6.23. The molecule has 0 radical (unpaired) electrons. The highest BCUT2D eigenvalue weighted by molar-refractivity contribution is 5.78. The molecule has 0 bridgehead atoms. The number of carbonyl (C=O) groups is 1. The van der Waals surface area contributed by atoms with Crippen LogP contribution in [0.3, 0.4) is 0 Å². The van der Waals surface area contributed by atoms with Gasteiger partial charge in [-0.2, -0.15) is 0 Å². The van der Waals surface area contributed by atoms with Gasteiger partial charge in [-0.1, -0.05) is 0 Å². The molecule has 0 saturated carbocycles. The summed E-state index contributed by atoms with van der Waals surface area (Å²) in [5, 5.41) is 9.38. The van der Waals surface area contributed by atoms with Gasteiger partial charge in [0.2, 0.25) is 0 Å². The third kappa shape index (κ3) is 1.96. The zero-order valence-corrected chi connectivity index (χ0v) is 10.3. The van der Waals surface area contributed by atoms with Crippen molar-refractivity contribution < 1.29 is 9.90 Å². The molecule has 2 unspecified atom stereocenters. The SMILES string of the molecule is CN1CCCC(N2CCCC2(C)C(=O)O)C1. The zero-order chi connectivity index (χ0) is 11.8. The molecule has 0 aromatic rings. The lowest BCUT2D eigenvalue weighted by Gasteiger charge is -2.42. The first kappa shape index (κ1) is 11.9. The van der Waals surface area contributed by atoms with E-state index in [1.54, 1.807) is 0 Å². The summed E-state index contributed by atoms with van der Waals surface area (Å²) in [6.07, 6.45) is 4.14.